The van der Waals surface area contributed by atoms with Gasteiger partial charge in [-0.05, 0) is 12.1 Å². The number of nitrogen functional groups attached to an aromatic ring is 1. The smallest absolute Gasteiger partial charge is 0.178 e. The van der Waals surface area contributed by atoms with Crippen molar-refractivity contribution in [3.63, 3.8) is 0 Å². The first-order valence-electron chi connectivity index (χ1n) is 6.61. The normalized spacial score (nSPS) is 30.7. The second kappa shape index (κ2) is 4.98. The van der Waals surface area contributed by atoms with Crippen molar-refractivity contribution in [1.82, 2.24) is 0 Å². The van der Waals surface area contributed by atoms with Crippen LogP contribution < -0.4 is 10.5 Å². The number of halogens is 1. The predicted octanol–water partition coefficient (Wildman–Crippen LogP) is 2.12. The topological polar surface area (TPSA) is 53.7 Å². The van der Waals surface area contributed by atoms with Crippen molar-refractivity contribution >= 4 is 5.69 Å². The van der Waals surface area contributed by atoms with Crippen LogP contribution in [0.5, 0.6) is 5.75 Å². The van der Waals surface area contributed by atoms with Gasteiger partial charge in [0.25, 0.3) is 0 Å². The Bertz CT molecular complexity index is 440. The summed E-state index contributed by atoms with van der Waals surface area (Å²) in [6, 6.07) is 4.58. The van der Waals surface area contributed by atoms with E-state index < -0.39 is 5.82 Å². The predicted molar refractivity (Wildman–Crippen MR) is 68.6 cm³/mol. The molecule has 2 N–H and O–H groups in total. The van der Waals surface area contributed by atoms with E-state index in [1.165, 1.54) is 6.07 Å². The first kappa shape index (κ1) is 12.7. The number of ether oxygens (including phenoxy) is 3. The van der Waals surface area contributed by atoms with Crippen molar-refractivity contribution in [3.05, 3.63) is 24.0 Å². The van der Waals surface area contributed by atoms with E-state index in [2.05, 4.69) is 0 Å². The SMILES string of the molecule is Nc1cccc(F)c1OC1CCOC2(CCOC2)C1. The fourth-order valence-electron chi connectivity index (χ4n) is 2.76. The second-order valence-electron chi connectivity index (χ2n) is 5.22. The van der Waals surface area contributed by atoms with E-state index in [1.54, 1.807) is 12.1 Å². The van der Waals surface area contributed by atoms with E-state index in [0.29, 0.717) is 25.5 Å². The van der Waals surface area contributed by atoms with Gasteiger partial charge >= 0.3 is 0 Å². The Labute approximate surface area is 111 Å². The summed E-state index contributed by atoms with van der Waals surface area (Å²) in [6.45, 7) is 1.93. The first-order chi connectivity index (χ1) is 9.19. The van der Waals surface area contributed by atoms with Crippen molar-refractivity contribution in [3.8, 4) is 5.75 Å². The molecule has 2 unspecified atom stereocenters. The van der Waals surface area contributed by atoms with Gasteiger partial charge in [0.15, 0.2) is 11.6 Å². The van der Waals surface area contributed by atoms with E-state index in [9.17, 15) is 4.39 Å². The molecule has 1 aromatic carbocycles. The Kier molecular flexibility index (Phi) is 3.33. The molecule has 104 valence electrons. The molecule has 2 atom stereocenters. The van der Waals surface area contributed by atoms with Crippen LogP contribution in [0.3, 0.4) is 0 Å². The zero-order chi connectivity index (χ0) is 13.3. The average Bonchev–Trinajstić information content (AvgIpc) is 2.82. The number of anilines is 1. The number of hydrogen-bond acceptors (Lipinski definition) is 4. The van der Waals surface area contributed by atoms with E-state index in [1.807, 2.05) is 0 Å². The highest BCUT2D eigenvalue weighted by atomic mass is 19.1. The van der Waals surface area contributed by atoms with E-state index in [-0.39, 0.29) is 17.5 Å². The van der Waals surface area contributed by atoms with Crippen LogP contribution in [0.15, 0.2) is 18.2 Å². The van der Waals surface area contributed by atoms with Gasteiger partial charge in [-0.1, -0.05) is 6.07 Å². The molecular formula is C14H18FNO3. The van der Waals surface area contributed by atoms with E-state index >= 15 is 0 Å². The number of rotatable bonds is 2. The maximum atomic E-state index is 13.7. The summed E-state index contributed by atoms with van der Waals surface area (Å²) in [5.41, 5.74) is 5.85. The fraction of sp³-hybridized carbons (Fsp3) is 0.571. The van der Waals surface area contributed by atoms with Crippen LogP contribution in [0, 0.1) is 5.82 Å². The number of benzene rings is 1. The van der Waals surface area contributed by atoms with Gasteiger partial charge < -0.3 is 19.9 Å². The lowest BCUT2D eigenvalue weighted by molar-refractivity contribution is -0.112. The third-order valence-corrected chi connectivity index (χ3v) is 3.80. The highest BCUT2D eigenvalue weighted by Gasteiger charge is 2.42. The van der Waals surface area contributed by atoms with Crippen LogP contribution in [0.2, 0.25) is 0 Å². The monoisotopic (exact) mass is 267 g/mol. The van der Waals surface area contributed by atoms with Crippen molar-refractivity contribution in [2.45, 2.75) is 31.0 Å². The van der Waals surface area contributed by atoms with Gasteiger partial charge in [-0.25, -0.2) is 4.39 Å². The quantitative estimate of drug-likeness (QED) is 0.834. The summed E-state index contributed by atoms with van der Waals surface area (Å²) in [6.07, 6.45) is 2.27. The molecule has 2 aliphatic rings. The highest BCUT2D eigenvalue weighted by molar-refractivity contribution is 5.52. The van der Waals surface area contributed by atoms with Gasteiger partial charge in [-0.2, -0.15) is 0 Å². The Morgan fingerprint density at radius 3 is 3.00 bits per heavy atom. The molecule has 0 radical (unpaired) electrons. The molecule has 19 heavy (non-hydrogen) atoms. The minimum atomic E-state index is -0.414. The summed E-state index contributed by atoms with van der Waals surface area (Å²) in [5.74, 6) is -0.258. The van der Waals surface area contributed by atoms with Gasteiger partial charge in [0, 0.05) is 25.9 Å². The minimum Gasteiger partial charge on any atom is -0.485 e. The Balaban J connectivity index is 1.73. The summed E-state index contributed by atoms with van der Waals surface area (Å²) in [4.78, 5) is 0. The zero-order valence-corrected chi connectivity index (χ0v) is 10.7. The lowest BCUT2D eigenvalue weighted by Crippen LogP contribution is -2.44. The van der Waals surface area contributed by atoms with Crippen molar-refractivity contribution in [1.29, 1.82) is 0 Å². The maximum absolute atomic E-state index is 13.7. The van der Waals surface area contributed by atoms with Crippen molar-refractivity contribution < 1.29 is 18.6 Å². The molecule has 1 aromatic rings. The molecule has 1 spiro atoms. The average molecular weight is 267 g/mol. The lowest BCUT2D eigenvalue weighted by Gasteiger charge is -2.37. The van der Waals surface area contributed by atoms with Crippen LogP contribution in [0.4, 0.5) is 10.1 Å². The molecule has 0 bridgehead atoms. The first-order valence-corrected chi connectivity index (χ1v) is 6.61. The second-order valence-corrected chi connectivity index (χ2v) is 5.22. The molecule has 2 fully saturated rings. The largest absolute Gasteiger partial charge is 0.485 e. The Morgan fingerprint density at radius 2 is 2.26 bits per heavy atom. The maximum Gasteiger partial charge on any atom is 0.178 e. The fourth-order valence-corrected chi connectivity index (χ4v) is 2.76. The summed E-state index contributed by atoms with van der Waals surface area (Å²) >= 11 is 0. The van der Waals surface area contributed by atoms with Gasteiger partial charge in [0.2, 0.25) is 0 Å². The van der Waals surface area contributed by atoms with Gasteiger partial charge in [0.1, 0.15) is 6.10 Å². The number of hydrogen-bond donors (Lipinski definition) is 1. The lowest BCUT2D eigenvalue weighted by atomic mass is 9.91. The Hall–Kier alpha value is -1.33. The molecule has 5 heteroatoms. The number of nitrogens with two attached hydrogens (primary N) is 1. The summed E-state index contributed by atoms with van der Waals surface area (Å²) in [5, 5.41) is 0. The minimum absolute atomic E-state index is 0.0744. The molecule has 0 amide bonds. The van der Waals surface area contributed by atoms with Crippen molar-refractivity contribution in [2.24, 2.45) is 0 Å². The molecule has 2 aliphatic heterocycles. The van der Waals surface area contributed by atoms with Crippen molar-refractivity contribution in [2.75, 3.05) is 25.6 Å². The molecule has 2 heterocycles. The standard InChI is InChI=1S/C14H18FNO3/c15-11-2-1-3-12(16)13(11)19-10-4-6-18-14(8-10)5-7-17-9-14/h1-3,10H,4-9,16H2. The Morgan fingerprint density at radius 1 is 1.37 bits per heavy atom. The van der Waals surface area contributed by atoms with E-state index in [4.69, 9.17) is 19.9 Å². The van der Waals surface area contributed by atoms with Gasteiger partial charge in [-0.15, -0.1) is 0 Å². The van der Waals surface area contributed by atoms with Gasteiger partial charge in [-0.3, -0.25) is 0 Å². The molecule has 2 saturated heterocycles. The number of para-hydroxylation sites is 1. The zero-order valence-electron chi connectivity index (χ0n) is 10.7. The van der Waals surface area contributed by atoms with Crippen LogP contribution in [-0.4, -0.2) is 31.5 Å². The molecule has 4 nitrogen and oxygen atoms in total. The van der Waals surface area contributed by atoms with Crippen LogP contribution in [-0.2, 0) is 9.47 Å². The molecule has 0 aromatic heterocycles. The highest BCUT2D eigenvalue weighted by Crippen LogP contribution is 2.36. The van der Waals surface area contributed by atoms with Crippen LogP contribution >= 0.6 is 0 Å². The third-order valence-electron chi connectivity index (χ3n) is 3.80. The van der Waals surface area contributed by atoms with Crippen LogP contribution in [0.1, 0.15) is 19.3 Å². The van der Waals surface area contributed by atoms with Crippen LogP contribution in [0.25, 0.3) is 0 Å². The summed E-state index contributed by atoms with van der Waals surface area (Å²) in [7, 11) is 0. The molecular weight excluding hydrogens is 249 g/mol. The molecule has 3 rings (SSSR count). The van der Waals surface area contributed by atoms with Gasteiger partial charge in [0.05, 0.1) is 24.5 Å². The molecule has 0 saturated carbocycles. The third kappa shape index (κ3) is 2.53. The molecule has 0 aliphatic carbocycles. The van der Waals surface area contributed by atoms with E-state index in [0.717, 1.165) is 19.3 Å². The summed E-state index contributed by atoms with van der Waals surface area (Å²) < 4.78 is 30.7.